The number of hydrogen-bond acceptors (Lipinski definition) is 6. The first-order valence-electron chi connectivity index (χ1n) is 7.54. The summed E-state index contributed by atoms with van der Waals surface area (Å²) in [5, 5.41) is 30.0. The highest BCUT2D eigenvalue weighted by molar-refractivity contribution is 5.77. The van der Waals surface area contributed by atoms with E-state index in [2.05, 4.69) is 0 Å². The van der Waals surface area contributed by atoms with Crippen LogP contribution in [-0.4, -0.2) is 34.3 Å². The number of phenolic OH excluding ortho intramolecular Hbond substituents is 1. The normalized spacial score (nSPS) is 13.9. The van der Waals surface area contributed by atoms with Gasteiger partial charge < -0.3 is 19.7 Å². The van der Waals surface area contributed by atoms with E-state index in [0.717, 1.165) is 0 Å². The third kappa shape index (κ3) is 3.47. The summed E-state index contributed by atoms with van der Waals surface area (Å²) in [5.41, 5.74) is 0.489. The third-order valence-electron chi connectivity index (χ3n) is 3.94. The van der Waals surface area contributed by atoms with Crippen molar-refractivity contribution in [2.24, 2.45) is 0 Å². The van der Waals surface area contributed by atoms with E-state index in [4.69, 9.17) is 9.47 Å². The number of aromatic hydroxyl groups is 1. The Labute approximate surface area is 142 Å². The molecule has 0 radical (unpaired) electrons. The number of fused-ring (bicyclic) bond motifs is 1. The zero-order valence-corrected chi connectivity index (χ0v) is 13.0. The highest BCUT2D eigenvalue weighted by Crippen LogP contribution is 2.35. The topological polar surface area (TPSA) is 119 Å². The Hall–Kier alpha value is -3.29. The Morgan fingerprint density at radius 3 is 2.56 bits per heavy atom. The number of carboxylic acids is 1. The van der Waals surface area contributed by atoms with Gasteiger partial charge in [-0.15, -0.1) is 0 Å². The number of nitrogens with zero attached hydrogens (tertiary/aromatic N) is 1. The molecule has 0 spiro atoms. The van der Waals surface area contributed by atoms with E-state index >= 15 is 0 Å². The van der Waals surface area contributed by atoms with Gasteiger partial charge in [-0.1, -0.05) is 12.1 Å². The lowest BCUT2D eigenvalue weighted by molar-refractivity contribution is -0.385. The predicted octanol–water partition coefficient (Wildman–Crippen LogP) is 2.48. The summed E-state index contributed by atoms with van der Waals surface area (Å²) in [6.45, 7) is 0.824. The van der Waals surface area contributed by atoms with Crippen LogP contribution in [0.25, 0.3) is 0 Å². The molecule has 130 valence electrons. The lowest BCUT2D eigenvalue weighted by Gasteiger charge is -2.20. The van der Waals surface area contributed by atoms with Gasteiger partial charge in [-0.25, -0.2) is 0 Å². The molecule has 0 aromatic heterocycles. The van der Waals surface area contributed by atoms with Crippen molar-refractivity contribution in [3.05, 3.63) is 57.6 Å². The molecule has 1 unspecified atom stereocenters. The van der Waals surface area contributed by atoms with Crippen molar-refractivity contribution in [1.82, 2.24) is 0 Å². The van der Waals surface area contributed by atoms with Gasteiger partial charge in [0.15, 0.2) is 17.2 Å². The van der Waals surface area contributed by atoms with Crippen LogP contribution in [-0.2, 0) is 11.2 Å². The number of hydrogen-bond donors (Lipinski definition) is 2. The molecule has 0 fully saturated rings. The van der Waals surface area contributed by atoms with E-state index in [-0.39, 0.29) is 6.42 Å². The first-order chi connectivity index (χ1) is 12.0. The van der Waals surface area contributed by atoms with E-state index in [9.17, 15) is 25.1 Å². The number of carbonyl (C=O) groups is 1. The van der Waals surface area contributed by atoms with Crippen LogP contribution in [0.4, 0.5) is 5.69 Å². The second-order valence-corrected chi connectivity index (χ2v) is 5.58. The molecule has 3 rings (SSSR count). The average Bonchev–Trinajstić information content (AvgIpc) is 2.60. The van der Waals surface area contributed by atoms with E-state index in [1.54, 1.807) is 18.2 Å². The lowest BCUT2D eigenvalue weighted by atomic mass is 9.91. The molecule has 2 aromatic rings. The number of benzene rings is 2. The van der Waals surface area contributed by atoms with Gasteiger partial charge in [0.2, 0.25) is 0 Å². The number of aliphatic carboxylic acids is 1. The van der Waals surface area contributed by atoms with Crippen LogP contribution in [0.15, 0.2) is 36.4 Å². The van der Waals surface area contributed by atoms with Gasteiger partial charge in [0.05, 0.1) is 10.8 Å². The van der Waals surface area contributed by atoms with E-state index in [0.29, 0.717) is 35.8 Å². The van der Waals surface area contributed by atoms with E-state index in [1.165, 1.54) is 18.2 Å². The molecular formula is C17H15NO7. The maximum atomic E-state index is 11.7. The largest absolute Gasteiger partial charge is 0.502 e. The molecule has 0 aliphatic carbocycles. The Morgan fingerprint density at radius 2 is 1.88 bits per heavy atom. The minimum atomic E-state index is -1.06. The minimum Gasteiger partial charge on any atom is -0.502 e. The van der Waals surface area contributed by atoms with Gasteiger partial charge in [-0.3, -0.25) is 14.9 Å². The maximum Gasteiger partial charge on any atom is 0.311 e. The van der Waals surface area contributed by atoms with Gasteiger partial charge in [0, 0.05) is 6.07 Å². The van der Waals surface area contributed by atoms with Crippen LogP contribution in [0.3, 0.4) is 0 Å². The quantitative estimate of drug-likeness (QED) is 0.631. The van der Waals surface area contributed by atoms with Crippen molar-refractivity contribution in [1.29, 1.82) is 0 Å². The average molecular weight is 345 g/mol. The van der Waals surface area contributed by atoms with Crippen molar-refractivity contribution < 1.29 is 29.4 Å². The van der Waals surface area contributed by atoms with Crippen molar-refractivity contribution in [3.63, 3.8) is 0 Å². The number of phenols is 1. The summed E-state index contributed by atoms with van der Waals surface area (Å²) in [4.78, 5) is 21.9. The molecule has 1 atom stereocenters. The Morgan fingerprint density at radius 1 is 1.16 bits per heavy atom. The monoisotopic (exact) mass is 345 g/mol. The Kier molecular flexibility index (Phi) is 4.42. The van der Waals surface area contributed by atoms with Gasteiger partial charge >= 0.3 is 11.7 Å². The first-order valence-corrected chi connectivity index (χ1v) is 7.54. The SMILES string of the molecule is O=C(O)C(Cc1ccc(O)c([N+](=O)[O-])c1)c1ccc2c(c1)OCCO2. The van der Waals surface area contributed by atoms with Crippen LogP contribution in [0.1, 0.15) is 17.0 Å². The molecule has 0 amide bonds. The molecule has 2 N–H and O–H groups in total. The van der Waals surface area contributed by atoms with E-state index in [1.807, 2.05) is 0 Å². The molecule has 25 heavy (non-hydrogen) atoms. The number of ether oxygens (including phenoxy) is 2. The Balaban J connectivity index is 1.91. The molecule has 8 heteroatoms. The van der Waals surface area contributed by atoms with Crippen molar-refractivity contribution in [2.45, 2.75) is 12.3 Å². The van der Waals surface area contributed by atoms with Crippen LogP contribution in [0.5, 0.6) is 17.2 Å². The zero-order chi connectivity index (χ0) is 18.0. The molecule has 1 heterocycles. The first kappa shape index (κ1) is 16.6. The molecule has 2 aromatic carbocycles. The molecule has 1 aliphatic rings. The number of nitro benzene ring substituents is 1. The molecular weight excluding hydrogens is 330 g/mol. The minimum absolute atomic E-state index is 0.0378. The van der Waals surface area contributed by atoms with Gasteiger partial charge in [0.1, 0.15) is 13.2 Å². The predicted molar refractivity (Wildman–Crippen MR) is 86.3 cm³/mol. The molecule has 0 bridgehead atoms. The van der Waals surface area contributed by atoms with Crippen LogP contribution >= 0.6 is 0 Å². The number of rotatable bonds is 5. The summed E-state index contributed by atoms with van der Waals surface area (Å²) < 4.78 is 10.9. The molecule has 1 aliphatic heterocycles. The summed E-state index contributed by atoms with van der Waals surface area (Å²) in [5.74, 6) is -1.40. The van der Waals surface area contributed by atoms with Gasteiger partial charge in [-0.2, -0.15) is 0 Å². The number of nitro groups is 1. The van der Waals surface area contributed by atoms with Crippen molar-refractivity contribution in [2.75, 3.05) is 13.2 Å². The lowest BCUT2D eigenvalue weighted by Crippen LogP contribution is -2.18. The summed E-state index contributed by atoms with van der Waals surface area (Å²) in [6, 6.07) is 8.75. The zero-order valence-electron chi connectivity index (χ0n) is 13.0. The number of carboxylic acid groups (broad SMARTS) is 1. The summed E-state index contributed by atoms with van der Waals surface area (Å²) in [7, 11) is 0. The third-order valence-corrected chi connectivity index (χ3v) is 3.94. The summed E-state index contributed by atoms with van der Waals surface area (Å²) in [6.07, 6.45) is 0.0378. The molecule has 0 saturated carbocycles. The highest BCUT2D eigenvalue weighted by Gasteiger charge is 2.24. The van der Waals surface area contributed by atoms with Gasteiger partial charge in [-0.05, 0) is 35.7 Å². The summed E-state index contributed by atoms with van der Waals surface area (Å²) >= 11 is 0. The van der Waals surface area contributed by atoms with Gasteiger partial charge in [0.25, 0.3) is 0 Å². The van der Waals surface area contributed by atoms with Crippen molar-refractivity contribution in [3.8, 4) is 17.2 Å². The smallest absolute Gasteiger partial charge is 0.311 e. The maximum absolute atomic E-state index is 11.7. The van der Waals surface area contributed by atoms with Crippen LogP contribution in [0.2, 0.25) is 0 Å². The van der Waals surface area contributed by atoms with Crippen molar-refractivity contribution >= 4 is 11.7 Å². The fraction of sp³-hybridized carbons (Fsp3) is 0.235. The molecule has 0 saturated heterocycles. The second kappa shape index (κ2) is 6.68. The molecule has 8 nitrogen and oxygen atoms in total. The fourth-order valence-corrected chi connectivity index (χ4v) is 2.70. The fourth-order valence-electron chi connectivity index (χ4n) is 2.70. The standard InChI is InChI=1S/C17H15NO7/c19-14-3-1-10(8-13(14)18(22)23)7-12(17(20)21)11-2-4-15-16(9-11)25-6-5-24-15/h1-4,8-9,12,19H,5-7H2,(H,20,21). The van der Waals surface area contributed by atoms with Crippen LogP contribution in [0, 0.1) is 10.1 Å². The second-order valence-electron chi connectivity index (χ2n) is 5.58. The van der Waals surface area contributed by atoms with E-state index < -0.39 is 28.2 Å². The van der Waals surface area contributed by atoms with Crippen LogP contribution < -0.4 is 9.47 Å². The Bertz CT molecular complexity index is 834. The highest BCUT2D eigenvalue weighted by atomic mass is 16.6.